The van der Waals surface area contributed by atoms with Crippen LogP contribution in [0.2, 0.25) is 0 Å². The van der Waals surface area contributed by atoms with E-state index in [1.807, 2.05) is 20.8 Å². The van der Waals surface area contributed by atoms with E-state index in [0.29, 0.717) is 32.1 Å². The van der Waals surface area contributed by atoms with Gasteiger partial charge in [0.2, 0.25) is 0 Å². The summed E-state index contributed by atoms with van der Waals surface area (Å²) >= 11 is 0. The fourth-order valence-corrected chi connectivity index (χ4v) is 1.45. The zero-order valence-electron chi connectivity index (χ0n) is 13.1. The Bertz CT molecular complexity index is 267. The largest absolute Gasteiger partial charge is 0.465 e. The predicted octanol–water partition coefficient (Wildman–Crippen LogP) is 3.27. The average molecular weight is 287 g/mol. The van der Waals surface area contributed by atoms with Gasteiger partial charge in [-0.15, -0.1) is 0 Å². The van der Waals surface area contributed by atoms with Gasteiger partial charge in [-0.05, 0) is 25.2 Å². The van der Waals surface area contributed by atoms with Gasteiger partial charge in [0.25, 0.3) is 0 Å². The fraction of sp³-hybridized carbons (Fsp3) is 0.867. The van der Waals surface area contributed by atoms with Crippen LogP contribution < -0.4 is 5.32 Å². The molecule has 1 amide bonds. The van der Waals surface area contributed by atoms with Crippen molar-refractivity contribution < 1.29 is 19.1 Å². The topological polar surface area (TPSA) is 64.6 Å². The monoisotopic (exact) mass is 287 g/mol. The normalized spacial score (nSPS) is 10.4. The van der Waals surface area contributed by atoms with Crippen LogP contribution in [0.4, 0.5) is 4.79 Å². The van der Waals surface area contributed by atoms with Crippen LogP contribution in [0.15, 0.2) is 0 Å². The lowest BCUT2D eigenvalue weighted by Gasteiger charge is -2.07. The standard InChI is InChI=1S/C15H29NO4/c1-4-5-11-19-15(18)16-10-8-6-7-9-14(17)20-12-13(2)3/h13H,4-12H2,1-3H3,(H,16,18). The Labute approximate surface area is 122 Å². The molecule has 0 fully saturated rings. The van der Waals surface area contributed by atoms with Crippen LogP contribution in [-0.4, -0.2) is 31.8 Å². The second kappa shape index (κ2) is 12.8. The molecule has 0 saturated carbocycles. The Morgan fingerprint density at radius 2 is 1.80 bits per heavy atom. The van der Waals surface area contributed by atoms with Crippen LogP contribution >= 0.6 is 0 Å². The summed E-state index contributed by atoms with van der Waals surface area (Å²) in [6.45, 7) is 7.63. The highest BCUT2D eigenvalue weighted by atomic mass is 16.5. The highest BCUT2D eigenvalue weighted by molar-refractivity contribution is 5.69. The zero-order valence-corrected chi connectivity index (χ0v) is 13.1. The number of ether oxygens (including phenoxy) is 2. The van der Waals surface area contributed by atoms with E-state index in [1.165, 1.54) is 0 Å². The van der Waals surface area contributed by atoms with E-state index >= 15 is 0 Å². The number of nitrogens with one attached hydrogen (secondary N) is 1. The van der Waals surface area contributed by atoms with Crippen LogP contribution in [0, 0.1) is 5.92 Å². The van der Waals surface area contributed by atoms with E-state index in [9.17, 15) is 9.59 Å². The number of amides is 1. The molecule has 0 atom stereocenters. The molecular formula is C15H29NO4. The first-order chi connectivity index (χ1) is 9.56. The van der Waals surface area contributed by atoms with Crippen LogP contribution in [-0.2, 0) is 14.3 Å². The van der Waals surface area contributed by atoms with Gasteiger partial charge in [0, 0.05) is 13.0 Å². The molecule has 1 N–H and O–H groups in total. The molecule has 0 aromatic rings. The number of hydrogen-bond acceptors (Lipinski definition) is 4. The lowest BCUT2D eigenvalue weighted by molar-refractivity contribution is -0.144. The molecule has 5 heteroatoms. The molecule has 0 bridgehead atoms. The second-order valence-corrected chi connectivity index (χ2v) is 5.30. The highest BCUT2D eigenvalue weighted by Gasteiger charge is 2.04. The first-order valence-electron chi connectivity index (χ1n) is 7.62. The molecule has 0 saturated heterocycles. The van der Waals surface area contributed by atoms with Crippen molar-refractivity contribution in [3.8, 4) is 0 Å². The SMILES string of the molecule is CCCCOC(=O)NCCCCCC(=O)OCC(C)C. The Kier molecular flexibility index (Phi) is 12.0. The van der Waals surface area contributed by atoms with Crippen LogP contribution in [0.25, 0.3) is 0 Å². The molecule has 0 aliphatic heterocycles. The quantitative estimate of drug-likeness (QED) is 0.468. The zero-order chi connectivity index (χ0) is 15.2. The summed E-state index contributed by atoms with van der Waals surface area (Å²) < 4.78 is 10.0. The van der Waals surface area contributed by atoms with Gasteiger partial charge >= 0.3 is 12.1 Å². The summed E-state index contributed by atoms with van der Waals surface area (Å²) in [5, 5.41) is 2.69. The summed E-state index contributed by atoms with van der Waals surface area (Å²) in [5.74, 6) is 0.243. The summed E-state index contributed by atoms with van der Waals surface area (Å²) in [6.07, 6.45) is 4.55. The molecule has 0 spiro atoms. The highest BCUT2D eigenvalue weighted by Crippen LogP contribution is 2.02. The number of carbonyl (C=O) groups excluding carboxylic acids is 2. The van der Waals surface area contributed by atoms with Gasteiger partial charge in [-0.25, -0.2) is 4.79 Å². The van der Waals surface area contributed by atoms with Gasteiger partial charge in [-0.1, -0.05) is 33.6 Å². The Morgan fingerprint density at radius 1 is 1.05 bits per heavy atom. The molecule has 0 unspecified atom stereocenters. The van der Waals surface area contributed by atoms with Gasteiger partial charge in [-0.2, -0.15) is 0 Å². The molecular weight excluding hydrogens is 258 g/mol. The van der Waals surface area contributed by atoms with Crippen LogP contribution in [0.3, 0.4) is 0 Å². The van der Waals surface area contributed by atoms with Gasteiger partial charge in [-0.3, -0.25) is 4.79 Å². The Hall–Kier alpha value is -1.26. The molecule has 118 valence electrons. The summed E-state index contributed by atoms with van der Waals surface area (Å²) in [7, 11) is 0. The lowest BCUT2D eigenvalue weighted by Crippen LogP contribution is -2.25. The first-order valence-corrected chi connectivity index (χ1v) is 7.62. The smallest absolute Gasteiger partial charge is 0.407 e. The molecule has 0 heterocycles. The van der Waals surface area contributed by atoms with Gasteiger partial charge < -0.3 is 14.8 Å². The summed E-state index contributed by atoms with van der Waals surface area (Å²) in [6, 6.07) is 0. The maximum atomic E-state index is 11.3. The van der Waals surface area contributed by atoms with Crippen molar-refractivity contribution in [1.82, 2.24) is 5.32 Å². The van der Waals surface area contributed by atoms with Crippen LogP contribution in [0.1, 0.15) is 59.3 Å². The number of alkyl carbamates (subject to hydrolysis) is 1. The minimum atomic E-state index is -0.352. The van der Waals surface area contributed by atoms with Crippen molar-refractivity contribution in [3.63, 3.8) is 0 Å². The molecule has 0 rings (SSSR count). The van der Waals surface area contributed by atoms with Crippen molar-refractivity contribution >= 4 is 12.1 Å². The predicted molar refractivity (Wildman–Crippen MR) is 78.5 cm³/mol. The molecule has 0 radical (unpaired) electrons. The van der Waals surface area contributed by atoms with Gasteiger partial charge in [0.05, 0.1) is 13.2 Å². The van der Waals surface area contributed by atoms with E-state index < -0.39 is 0 Å². The van der Waals surface area contributed by atoms with E-state index in [1.54, 1.807) is 0 Å². The number of unbranched alkanes of at least 4 members (excludes halogenated alkanes) is 3. The van der Waals surface area contributed by atoms with E-state index in [2.05, 4.69) is 5.32 Å². The molecule has 0 aliphatic rings. The maximum Gasteiger partial charge on any atom is 0.407 e. The third-order valence-corrected chi connectivity index (χ3v) is 2.64. The molecule has 0 aliphatic carbocycles. The maximum absolute atomic E-state index is 11.3. The minimum Gasteiger partial charge on any atom is -0.465 e. The molecule has 0 aromatic heterocycles. The minimum absolute atomic E-state index is 0.134. The second-order valence-electron chi connectivity index (χ2n) is 5.30. The van der Waals surface area contributed by atoms with E-state index in [0.717, 1.165) is 32.1 Å². The summed E-state index contributed by atoms with van der Waals surface area (Å²) in [5.41, 5.74) is 0. The third kappa shape index (κ3) is 13.2. The van der Waals surface area contributed by atoms with Crippen molar-refractivity contribution in [2.75, 3.05) is 19.8 Å². The van der Waals surface area contributed by atoms with E-state index in [-0.39, 0.29) is 12.1 Å². The number of esters is 1. The third-order valence-electron chi connectivity index (χ3n) is 2.64. The van der Waals surface area contributed by atoms with Crippen molar-refractivity contribution in [2.45, 2.75) is 59.3 Å². The number of hydrogen-bond donors (Lipinski definition) is 1. The summed E-state index contributed by atoms with van der Waals surface area (Å²) in [4.78, 5) is 22.5. The Balaban J connectivity index is 3.31. The average Bonchev–Trinajstić information content (AvgIpc) is 2.40. The van der Waals surface area contributed by atoms with Gasteiger partial charge in [0.1, 0.15) is 0 Å². The molecule has 20 heavy (non-hydrogen) atoms. The van der Waals surface area contributed by atoms with Crippen LogP contribution in [0.5, 0.6) is 0 Å². The fourth-order valence-electron chi connectivity index (χ4n) is 1.45. The van der Waals surface area contributed by atoms with Crippen molar-refractivity contribution in [3.05, 3.63) is 0 Å². The Morgan fingerprint density at radius 3 is 2.45 bits per heavy atom. The van der Waals surface area contributed by atoms with Crippen molar-refractivity contribution in [1.29, 1.82) is 0 Å². The molecule has 5 nitrogen and oxygen atoms in total. The number of carbonyl (C=O) groups is 2. The molecule has 0 aromatic carbocycles. The first kappa shape index (κ1) is 18.7. The number of rotatable bonds is 11. The van der Waals surface area contributed by atoms with Gasteiger partial charge in [0.15, 0.2) is 0 Å². The lowest BCUT2D eigenvalue weighted by atomic mass is 10.2. The van der Waals surface area contributed by atoms with E-state index in [4.69, 9.17) is 9.47 Å². The van der Waals surface area contributed by atoms with Crippen molar-refractivity contribution in [2.24, 2.45) is 5.92 Å².